The molecule has 2 aromatic rings. The number of halogens is 1. The second kappa shape index (κ2) is 7.67. The molecule has 2 rings (SSSR count). The van der Waals surface area contributed by atoms with Crippen LogP contribution in [0.2, 0.25) is 0 Å². The van der Waals surface area contributed by atoms with Gasteiger partial charge in [0.25, 0.3) is 0 Å². The van der Waals surface area contributed by atoms with Gasteiger partial charge in [0.1, 0.15) is 0 Å². The molecule has 1 aromatic carbocycles. The molecule has 1 atom stereocenters. The molecule has 0 radical (unpaired) electrons. The molecule has 0 aliphatic heterocycles. The Labute approximate surface area is 124 Å². The predicted molar refractivity (Wildman–Crippen MR) is 81.3 cm³/mol. The zero-order valence-electron chi connectivity index (χ0n) is 11.5. The van der Waals surface area contributed by atoms with Crippen molar-refractivity contribution in [2.75, 3.05) is 13.6 Å². The van der Waals surface area contributed by atoms with Crippen LogP contribution in [-0.4, -0.2) is 29.3 Å². The van der Waals surface area contributed by atoms with Gasteiger partial charge in [0.05, 0.1) is 18.3 Å². The Balaban J connectivity index is 0.00000200. The number of likely N-dealkylation sites (N-methyl/N-ethyl adjacent to an activating group) is 1. The number of nitrogens with zero attached hydrogens (tertiary/aromatic N) is 2. The maximum atomic E-state index is 11.6. The lowest BCUT2D eigenvalue weighted by atomic mass is 10.1. The average molecular weight is 295 g/mol. The summed E-state index contributed by atoms with van der Waals surface area (Å²) in [6, 6.07) is 9.72. The van der Waals surface area contributed by atoms with Gasteiger partial charge in [-0.25, -0.2) is 4.68 Å². The average Bonchev–Trinajstić information content (AvgIpc) is 2.92. The topological polar surface area (TPSA) is 59.0 Å². The molecule has 0 saturated carbocycles. The summed E-state index contributed by atoms with van der Waals surface area (Å²) in [5.41, 5.74) is 2.01. The summed E-state index contributed by atoms with van der Waals surface area (Å²) in [6.07, 6.45) is 3.63. The Morgan fingerprint density at radius 2 is 2.10 bits per heavy atom. The molecular weight excluding hydrogens is 276 g/mol. The van der Waals surface area contributed by atoms with Crippen LogP contribution in [0.5, 0.6) is 0 Å². The monoisotopic (exact) mass is 294 g/mol. The van der Waals surface area contributed by atoms with Gasteiger partial charge in [-0.3, -0.25) is 4.79 Å². The van der Waals surface area contributed by atoms with E-state index in [-0.39, 0.29) is 24.4 Å². The van der Waals surface area contributed by atoms with Gasteiger partial charge >= 0.3 is 0 Å². The summed E-state index contributed by atoms with van der Waals surface area (Å²) >= 11 is 0. The smallest absolute Gasteiger partial charge is 0.234 e. The van der Waals surface area contributed by atoms with Gasteiger partial charge in [-0.2, -0.15) is 5.10 Å². The molecule has 0 aliphatic rings. The van der Waals surface area contributed by atoms with Crippen molar-refractivity contribution in [2.24, 2.45) is 0 Å². The lowest BCUT2D eigenvalue weighted by Gasteiger charge is -2.18. The Hall–Kier alpha value is -1.85. The van der Waals surface area contributed by atoms with Crippen LogP contribution in [0.4, 0.5) is 0 Å². The van der Waals surface area contributed by atoms with Gasteiger partial charge < -0.3 is 10.6 Å². The van der Waals surface area contributed by atoms with E-state index in [1.54, 1.807) is 17.9 Å². The summed E-state index contributed by atoms with van der Waals surface area (Å²) in [5.74, 6) is -0.0229. The lowest BCUT2D eigenvalue weighted by molar-refractivity contribution is -0.120. The molecule has 0 fully saturated rings. The Morgan fingerprint density at radius 3 is 2.75 bits per heavy atom. The number of benzene rings is 1. The van der Waals surface area contributed by atoms with Crippen LogP contribution >= 0.6 is 12.4 Å². The van der Waals surface area contributed by atoms with Gasteiger partial charge in [-0.15, -0.1) is 12.4 Å². The van der Waals surface area contributed by atoms with Gasteiger partial charge in [0, 0.05) is 12.4 Å². The summed E-state index contributed by atoms with van der Waals surface area (Å²) in [5, 5.41) is 10.0. The second-order valence-corrected chi connectivity index (χ2v) is 4.33. The van der Waals surface area contributed by atoms with Crippen molar-refractivity contribution in [3.63, 3.8) is 0 Å². The first-order valence-corrected chi connectivity index (χ1v) is 6.25. The maximum absolute atomic E-state index is 11.6. The third kappa shape index (κ3) is 3.82. The molecule has 1 amide bonds. The lowest BCUT2D eigenvalue weighted by Crippen LogP contribution is -2.34. The number of nitrogens with one attached hydrogen (secondary N) is 2. The summed E-state index contributed by atoms with van der Waals surface area (Å²) in [6.45, 7) is 2.28. The quantitative estimate of drug-likeness (QED) is 0.882. The van der Waals surface area contributed by atoms with Gasteiger partial charge in [0.2, 0.25) is 5.91 Å². The molecule has 5 nitrogen and oxygen atoms in total. The molecule has 0 aliphatic carbocycles. The van der Waals surface area contributed by atoms with Crippen molar-refractivity contribution in [3.8, 4) is 5.69 Å². The molecule has 20 heavy (non-hydrogen) atoms. The normalized spacial score (nSPS) is 11.5. The number of carbonyl (C=O) groups excluding carboxylic acids is 1. The number of rotatable bonds is 5. The number of para-hydroxylation sites is 1. The van der Waals surface area contributed by atoms with E-state index in [9.17, 15) is 4.79 Å². The second-order valence-electron chi connectivity index (χ2n) is 4.33. The SMILES string of the molecule is CNCC(=O)NC(C)c1ccccc1-n1cccn1.Cl. The number of hydrogen-bond donors (Lipinski definition) is 2. The van der Waals surface area contributed by atoms with Gasteiger partial charge in [-0.1, -0.05) is 18.2 Å². The molecule has 1 aromatic heterocycles. The molecule has 0 spiro atoms. The molecule has 1 heterocycles. The number of amides is 1. The Bertz CT molecular complexity index is 542. The summed E-state index contributed by atoms with van der Waals surface area (Å²) < 4.78 is 1.80. The molecule has 0 saturated heterocycles. The van der Waals surface area contributed by atoms with Crippen LogP contribution < -0.4 is 10.6 Å². The molecule has 0 bridgehead atoms. The van der Waals surface area contributed by atoms with Crippen LogP contribution in [0.25, 0.3) is 5.69 Å². The highest BCUT2D eigenvalue weighted by Crippen LogP contribution is 2.20. The zero-order chi connectivity index (χ0) is 13.7. The first-order chi connectivity index (χ1) is 9.22. The third-order valence-corrected chi connectivity index (χ3v) is 2.87. The van der Waals surface area contributed by atoms with Crippen molar-refractivity contribution >= 4 is 18.3 Å². The van der Waals surface area contributed by atoms with Crippen LogP contribution in [0.15, 0.2) is 42.7 Å². The highest BCUT2D eigenvalue weighted by atomic mass is 35.5. The van der Waals surface area contributed by atoms with Crippen LogP contribution in [0.3, 0.4) is 0 Å². The third-order valence-electron chi connectivity index (χ3n) is 2.87. The Morgan fingerprint density at radius 1 is 1.35 bits per heavy atom. The van der Waals surface area contributed by atoms with E-state index in [0.717, 1.165) is 11.3 Å². The van der Waals surface area contributed by atoms with E-state index in [4.69, 9.17) is 0 Å². The standard InChI is InChI=1S/C14H18N4O.ClH/c1-11(17-14(19)10-15-2)12-6-3-4-7-13(12)18-9-5-8-16-18;/h3-9,11,15H,10H2,1-2H3,(H,17,19);1H. The van der Waals surface area contributed by atoms with Crippen molar-refractivity contribution in [1.82, 2.24) is 20.4 Å². The summed E-state index contributed by atoms with van der Waals surface area (Å²) in [4.78, 5) is 11.6. The number of carbonyl (C=O) groups is 1. The first-order valence-electron chi connectivity index (χ1n) is 6.25. The van der Waals surface area contributed by atoms with E-state index >= 15 is 0 Å². The van der Waals surface area contributed by atoms with Crippen LogP contribution in [0.1, 0.15) is 18.5 Å². The van der Waals surface area contributed by atoms with Crippen LogP contribution in [-0.2, 0) is 4.79 Å². The Kier molecular flexibility index (Phi) is 6.21. The maximum Gasteiger partial charge on any atom is 0.234 e. The highest BCUT2D eigenvalue weighted by Gasteiger charge is 2.13. The summed E-state index contributed by atoms with van der Waals surface area (Å²) in [7, 11) is 1.75. The molecule has 108 valence electrons. The van der Waals surface area contributed by atoms with E-state index in [1.807, 2.05) is 43.5 Å². The zero-order valence-corrected chi connectivity index (χ0v) is 12.4. The minimum Gasteiger partial charge on any atom is -0.348 e. The van der Waals surface area contributed by atoms with Gasteiger partial charge in [0.15, 0.2) is 0 Å². The van der Waals surface area contributed by atoms with E-state index < -0.39 is 0 Å². The van der Waals surface area contributed by atoms with E-state index in [2.05, 4.69) is 15.7 Å². The van der Waals surface area contributed by atoms with Crippen molar-refractivity contribution < 1.29 is 4.79 Å². The fourth-order valence-corrected chi connectivity index (χ4v) is 2.00. The fraction of sp³-hybridized carbons (Fsp3) is 0.286. The number of hydrogen-bond acceptors (Lipinski definition) is 3. The molecule has 2 N–H and O–H groups in total. The molecule has 1 unspecified atom stereocenters. The van der Waals surface area contributed by atoms with E-state index in [0.29, 0.717) is 6.54 Å². The molecule has 6 heteroatoms. The van der Waals surface area contributed by atoms with Crippen molar-refractivity contribution in [2.45, 2.75) is 13.0 Å². The van der Waals surface area contributed by atoms with Crippen molar-refractivity contribution in [3.05, 3.63) is 48.3 Å². The minimum atomic E-state index is -0.0683. The first kappa shape index (κ1) is 16.2. The van der Waals surface area contributed by atoms with E-state index in [1.165, 1.54) is 0 Å². The van der Waals surface area contributed by atoms with Crippen molar-refractivity contribution in [1.29, 1.82) is 0 Å². The van der Waals surface area contributed by atoms with Crippen LogP contribution in [0, 0.1) is 0 Å². The largest absolute Gasteiger partial charge is 0.348 e. The molecular formula is C14H19ClN4O. The minimum absolute atomic E-state index is 0. The fourth-order valence-electron chi connectivity index (χ4n) is 2.00. The number of aromatic nitrogens is 2. The highest BCUT2D eigenvalue weighted by molar-refractivity contribution is 5.85. The predicted octanol–water partition coefficient (Wildman–Crippen LogP) is 1.69. The van der Waals surface area contributed by atoms with Gasteiger partial charge in [-0.05, 0) is 31.7 Å².